The fourth-order valence-corrected chi connectivity index (χ4v) is 2.67. The molecule has 1 fully saturated rings. The number of hydrogen-bond acceptors (Lipinski definition) is 4. The first-order valence-corrected chi connectivity index (χ1v) is 7.56. The number of rotatable bonds is 8. The summed E-state index contributed by atoms with van der Waals surface area (Å²) in [5, 5.41) is 6.47. The molecule has 1 aliphatic rings. The van der Waals surface area contributed by atoms with Crippen LogP contribution in [0.2, 0.25) is 0 Å². The molecule has 20 heavy (non-hydrogen) atoms. The maximum absolute atomic E-state index is 9.97. The van der Waals surface area contributed by atoms with Crippen LogP contribution in [-0.4, -0.2) is 25.3 Å². The lowest BCUT2D eigenvalue weighted by Gasteiger charge is -2.29. The summed E-state index contributed by atoms with van der Waals surface area (Å²) in [6.07, 6.45) is 5.68. The Kier molecular flexibility index (Phi) is 6.68. The summed E-state index contributed by atoms with van der Waals surface area (Å²) in [5.41, 5.74) is 1.34. The van der Waals surface area contributed by atoms with Gasteiger partial charge in [-0.05, 0) is 37.7 Å². The van der Waals surface area contributed by atoms with Crippen molar-refractivity contribution in [1.82, 2.24) is 5.32 Å². The number of nitrogens with zero attached hydrogens (tertiary/aromatic N) is 1. The third-order valence-corrected chi connectivity index (χ3v) is 3.86. The molecular formula is C16H24N2O2. The number of nitroso groups, excluding NO2 is 1. The van der Waals surface area contributed by atoms with Gasteiger partial charge in [0.1, 0.15) is 0 Å². The van der Waals surface area contributed by atoms with Crippen LogP contribution >= 0.6 is 0 Å². The molecular weight excluding hydrogens is 252 g/mol. The molecule has 2 rings (SSSR count). The van der Waals surface area contributed by atoms with E-state index in [1.54, 1.807) is 0 Å². The van der Waals surface area contributed by atoms with E-state index in [2.05, 4.69) is 34.8 Å². The molecule has 1 saturated carbocycles. The van der Waals surface area contributed by atoms with Gasteiger partial charge in [-0.15, -0.1) is 0 Å². The van der Waals surface area contributed by atoms with Gasteiger partial charge in [-0.25, -0.2) is 0 Å². The van der Waals surface area contributed by atoms with Crippen LogP contribution in [0.1, 0.15) is 37.7 Å². The monoisotopic (exact) mass is 276 g/mol. The standard InChI is InChI=1S/C16H24N2O2/c19-18-11-4-12-20-16-9-7-15(8-10-16)17-13-14-5-2-1-3-6-14/h1-3,5-6,15-17H,4,7-13H2/t15-,16-. The van der Waals surface area contributed by atoms with Gasteiger partial charge in [-0.3, -0.25) is 0 Å². The summed E-state index contributed by atoms with van der Waals surface area (Å²) in [4.78, 5) is 9.97. The third kappa shape index (κ3) is 5.39. The second-order valence-electron chi connectivity index (χ2n) is 5.42. The molecule has 1 N–H and O–H groups in total. The average Bonchev–Trinajstić information content (AvgIpc) is 2.52. The van der Waals surface area contributed by atoms with Crippen LogP contribution < -0.4 is 5.32 Å². The van der Waals surface area contributed by atoms with Gasteiger partial charge >= 0.3 is 0 Å². The number of nitrogens with one attached hydrogen (secondary N) is 1. The minimum Gasteiger partial charge on any atom is -0.378 e. The zero-order chi connectivity index (χ0) is 14.0. The van der Waals surface area contributed by atoms with Gasteiger partial charge in [-0.1, -0.05) is 35.5 Å². The van der Waals surface area contributed by atoms with E-state index < -0.39 is 0 Å². The Labute approximate surface area is 120 Å². The Bertz CT molecular complexity index is 375. The first-order chi connectivity index (χ1) is 9.88. The second-order valence-corrected chi connectivity index (χ2v) is 5.42. The van der Waals surface area contributed by atoms with Gasteiger partial charge in [-0.2, -0.15) is 4.91 Å². The molecule has 4 heteroatoms. The van der Waals surface area contributed by atoms with Crippen molar-refractivity contribution < 1.29 is 4.74 Å². The van der Waals surface area contributed by atoms with Gasteiger partial charge < -0.3 is 10.1 Å². The number of hydrogen-bond donors (Lipinski definition) is 1. The van der Waals surface area contributed by atoms with E-state index in [1.807, 2.05) is 6.07 Å². The molecule has 4 nitrogen and oxygen atoms in total. The summed E-state index contributed by atoms with van der Waals surface area (Å²) < 4.78 is 5.77. The van der Waals surface area contributed by atoms with Gasteiger partial charge in [0.05, 0.1) is 12.6 Å². The van der Waals surface area contributed by atoms with Crippen molar-refractivity contribution in [2.75, 3.05) is 13.2 Å². The Hall–Kier alpha value is -1.26. The maximum Gasteiger partial charge on any atom is 0.0833 e. The average molecular weight is 276 g/mol. The van der Waals surface area contributed by atoms with Crippen molar-refractivity contribution in [2.24, 2.45) is 5.18 Å². The Morgan fingerprint density at radius 2 is 1.90 bits per heavy atom. The molecule has 1 aromatic carbocycles. The normalized spacial score (nSPS) is 22.6. The first-order valence-electron chi connectivity index (χ1n) is 7.56. The van der Waals surface area contributed by atoms with Gasteiger partial charge in [0.15, 0.2) is 0 Å². The zero-order valence-electron chi connectivity index (χ0n) is 12.0. The molecule has 110 valence electrons. The zero-order valence-corrected chi connectivity index (χ0v) is 12.0. The van der Waals surface area contributed by atoms with Gasteiger partial charge in [0.25, 0.3) is 0 Å². The molecule has 0 amide bonds. The molecule has 0 aromatic heterocycles. The quantitative estimate of drug-likeness (QED) is 0.585. The maximum atomic E-state index is 9.97. The lowest BCUT2D eigenvalue weighted by atomic mass is 9.93. The first kappa shape index (κ1) is 15.1. The highest BCUT2D eigenvalue weighted by Gasteiger charge is 2.20. The van der Waals surface area contributed by atoms with Crippen LogP contribution in [0, 0.1) is 4.91 Å². The molecule has 0 aliphatic heterocycles. The van der Waals surface area contributed by atoms with E-state index in [0.717, 1.165) is 25.8 Å². The highest BCUT2D eigenvalue weighted by molar-refractivity contribution is 5.14. The Morgan fingerprint density at radius 1 is 1.15 bits per heavy atom. The van der Waals surface area contributed by atoms with E-state index in [0.29, 0.717) is 25.3 Å². The molecule has 0 saturated heterocycles. The molecule has 0 radical (unpaired) electrons. The molecule has 0 spiro atoms. The van der Waals surface area contributed by atoms with E-state index >= 15 is 0 Å². The molecule has 1 aromatic rings. The molecule has 0 bridgehead atoms. The smallest absolute Gasteiger partial charge is 0.0833 e. The lowest BCUT2D eigenvalue weighted by Crippen LogP contribution is -2.35. The highest BCUT2D eigenvalue weighted by atomic mass is 16.5. The minimum atomic E-state index is 0.369. The number of benzene rings is 1. The number of ether oxygens (including phenoxy) is 1. The van der Waals surface area contributed by atoms with Gasteiger partial charge in [0, 0.05) is 19.2 Å². The SMILES string of the molecule is O=NCCCO[C@H]1CC[C@H](NCc2ccccc2)CC1. The Morgan fingerprint density at radius 3 is 2.60 bits per heavy atom. The van der Waals surface area contributed by atoms with Crippen molar-refractivity contribution >= 4 is 0 Å². The van der Waals surface area contributed by atoms with Crippen LogP contribution in [0.15, 0.2) is 35.5 Å². The lowest BCUT2D eigenvalue weighted by molar-refractivity contribution is 0.0220. The van der Waals surface area contributed by atoms with Crippen molar-refractivity contribution in [1.29, 1.82) is 0 Å². The summed E-state index contributed by atoms with van der Waals surface area (Å²) >= 11 is 0. The van der Waals surface area contributed by atoms with Crippen molar-refractivity contribution in [2.45, 2.75) is 50.8 Å². The fraction of sp³-hybridized carbons (Fsp3) is 0.625. The predicted molar refractivity (Wildman–Crippen MR) is 80.6 cm³/mol. The second kappa shape index (κ2) is 8.82. The van der Waals surface area contributed by atoms with Crippen LogP contribution in [0.3, 0.4) is 0 Å². The highest BCUT2D eigenvalue weighted by Crippen LogP contribution is 2.21. The van der Waals surface area contributed by atoms with E-state index in [9.17, 15) is 4.91 Å². The summed E-state index contributed by atoms with van der Waals surface area (Å²) in [6.45, 7) is 1.98. The molecule has 1 aliphatic carbocycles. The molecule has 0 heterocycles. The van der Waals surface area contributed by atoms with Gasteiger partial charge in [0.2, 0.25) is 0 Å². The fourth-order valence-electron chi connectivity index (χ4n) is 2.67. The van der Waals surface area contributed by atoms with Crippen LogP contribution in [0.4, 0.5) is 0 Å². The van der Waals surface area contributed by atoms with Crippen LogP contribution in [0.25, 0.3) is 0 Å². The van der Waals surface area contributed by atoms with E-state index in [-0.39, 0.29) is 0 Å². The van der Waals surface area contributed by atoms with Crippen LogP contribution in [-0.2, 0) is 11.3 Å². The van der Waals surface area contributed by atoms with E-state index in [1.165, 1.54) is 18.4 Å². The largest absolute Gasteiger partial charge is 0.378 e. The molecule has 0 atom stereocenters. The molecule has 0 unspecified atom stereocenters. The van der Waals surface area contributed by atoms with E-state index in [4.69, 9.17) is 4.74 Å². The van der Waals surface area contributed by atoms with Crippen molar-refractivity contribution in [3.8, 4) is 0 Å². The van der Waals surface area contributed by atoms with Crippen molar-refractivity contribution in [3.63, 3.8) is 0 Å². The topological polar surface area (TPSA) is 50.7 Å². The third-order valence-electron chi connectivity index (χ3n) is 3.86. The summed E-state index contributed by atoms with van der Waals surface area (Å²) in [6, 6.07) is 11.1. The summed E-state index contributed by atoms with van der Waals surface area (Å²) in [7, 11) is 0. The minimum absolute atomic E-state index is 0.369. The van der Waals surface area contributed by atoms with Crippen LogP contribution in [0.5, 0.6) is 0 Å². The Balaban J connectivity index is 1.58. The predicted octanol–water partition coefficient (Wildman–Crippen LogP) is 3.26. The van der Waals surface area contributed by atoms with Crippen molar-refractivity contribution in [3.05, 3.63) is 40.8 Å². The summed E-state index contributed by atoms with van der Waals surface area (Å²) in [5.74, 6) is 0.